The van der Waals surface area contributed by atoms with Crippen molar-refractivity contribution in [2.75, 3.05) is 20.2 Å². The largest absolute Gasteiger partial charge is 0.465 e. The predicted octanol–water partition coefficient (Wildman–Crippen LogP) is 2.35. The summed E-state index contributed by atoms with van der Waals surface area (Å²) in [6.45, 7) is 2.43. The molecule has 0 bridgehead atoms. The molecular formula is C19H26N2O3. The van der Waals surface area contributed by atoms with E-state index in [1.54, 1.807) is 12.1 Å². The highest BCUT2D eigenvalue weighted by Gasteiger charge is 2.31. The molecule has 5 heteroatoms. The molecule has 1 atom stereocenters. The van der Waals surface area contributed by atoms with Crippen LogP contribution < -0.4 is 5.32 Å². The zero-order chi connectivity index (χ0) is 16.9. The molecule has 1 aromatic carbocycles. The van der Waals surface area contributed by atoms with E-state index in [0.29, 0.717) is 17.5 Å². The van der Waals surface area contributed by atoms with Crippen LogP contribution in [0.4, 0.5) is 0 Å². The smallest absolute Gasteiger partial charge is 0.337 e. The highest BCUT2D eigenvalue weighted by Crippen LogP contribution is 2.27. The van der Waals surface area contributed by atoms with Crippen LogP contribution in [0.5, 0.6) is 0 Å². The maximum Gasteiger partial charge on any atom is 0.337 e. The van der Waals surface area contributed by atoms with Gasteiger partial charge in [0.2, 0.25) is 5.91 Å². The summed E-state index contributed by atoms with van der Waals surface area (Å²) in [5.74, 6) is 0.320. The van der Waals surface area contributed by atoms with Gasteiger partial charge in [0, 0.05) is 31.6 Å². The lowest BCUT2D eigenvalue weighted by molar-refractivity contribution is -0.134. The molecule has 1 aliphatic heterocycles. The number of carbonyl (C=O) groups excluding carboxylic acids is 2. The third-order valence-corrected chi connectivity index (χ3v) is 5.17. The number of hydrogen-bond donors (Lipinski definition) is 1. The summed E-state index contributed by atoms with van der Waals surface area (Å²) < 4.78 is 4.70. The lowest BCUT2D eigenvalue weighted by Crippen LogP contribution is -2.37. The molecule has 5 nitrogen and oxygen atoms in total. The van der Waals surface area contributed by atoms with Gasteiger partial charge >= 0.3 is 5.97 Å². The van der Waals surface area contributed by atoms with Gasteiger partial charge in [0.15, 0.2) is 0 Å². The van der Waals surface area contributed by atoms with E-state index >= 15 is 0 Å². The molecule has 1 aromatic rings. The van der Waals surface area contributed by atoms with Crippen LogP contribution >= 0.6 is 0 Å². The molecule has 1 aliphatic carbocycles. The van der Waals surface area contributed by atoms with Gasteiger partial charge in [-0.2, -0.15) is 0 Å². The van der Waals surface area contributed by atoms with Crippen molar-refractivity contribution in [2.45, 2.75) is 44.7 Å². The lowest BCUT2D eigenvalue weighted by Gasteiger charge is -2.20. The second-order valence-corrected chi connectivity index (χ2v) is 6.82. The molecular weight excluding hydrogens is 304 g/mol. The van der Waals surface area contributed by atoms with Crippen molar-refractivity contribution in [1.82, 2.24) is 10.2 Å². The van der Waals surface area contributed by atoms with E-state index in [-0.39, 0.29) is 11.9 Å². The highest BCUT2D eigenvalue weighted by molar-refractivity contribution is 5.89. The second kappa shape index (κ2) is 7.79. The number of ether oxygens (including phenoxy) is 1. The Bertz CT molecular complexity index is 579. The van der Waals surface area contributed by atoms with Crippen molar-refractivity contribution in [3.05, 3.63) is 35.4 Å². The lowest BCUT2D eigenvalue weighted by atomic mass is 10.1. The van der Waals surface area contributed by atoms with Crippen molar-refractivity contribution in [1.29, 1.82) is 0 Å². The SMILES string of the molecule is COC(=O)c1ccc(CN[C@H]2CCN(C(=O)C3CCCC3)C2)cc1. The predicted molar refractivity (Wildman–Crippen MR) is 91.6 cm³/mol. The molecule has 1 saturated heterocycles. The second-order valence-electron chi connectivity index (χ2n) is 6.82. The van der Waals surface area contributed by atoms with Crippen LogP contribution in [0.25, 0.3) is 0 Å². The molecule has 0 radical (unpaired) electrons. The number of nitrogens with zero attached hydrogens (tertiary/aromatic N) is 1. The Hall–Kier alpha value is -1.88. The first-order valence-corrected chi connectivity index (χ1v) is 8.87. The van der Waals surface area contributed by atoms with Crippen LogP contribution in [0, 0.1) is 5.92 Å². The molecule has 2 aliphatic rings. The zero-order valence-electron chi connectivity index (χ0n) is 14.3. The minimum absolute atomic E-state index is 0.273. The summed E-state index contributed by atoms with van der Waals surface area (Å²) in [7, 11) is 1.39. The van der Waals surface area contributed by atoms with Gasteiger partial charge in [-0.3, -0.25) is 4.79 Å². The van der Waals surface area contributed by atoms with Crippen LogP contribution in [0.1, 0.15) is 48.0 Å². The van der Waals surface area contributed by atoms with Gasteiger partial charge in [-0.05, 0) is 37.0 Å². The van der Waals surface area contributed by atoms with Gasteiger partial charge in [0.05, 0.1) is 12.7 Å². The van der Waals surface area contributed by atoms with Gasteiger partial charge in [0.1, 0.15) is 0 Å². The molecule has 24 heavy (non-hydrogen) atoms. The molecule has 0 spiro atoms. The van der Waals surface area contributed by atoms with Crippen molar-refractivity contribution >= 4 is 11.9 Å². The van der Waals surface area contributed by atoms with Gasteiger partial charge < -0.3 is 15.0 Å². The summed E-state index contributed by atoms with van der Waals surface area (Å²) in [5.41, 5.74) is 1.69. The first-order valence-electron chi connectivity index (χ1n) is 8.87. The average molecular weight is 330 g/mol. The average Bonchev–Trinajstić information content (AvgIpc) is 3.31. The molecule has 1 amide bonds. The number of nitrogens with one attached hydrogen (secondary N) is 1. The number of methoxy groups -OCH3 is 1. The maximum absolute atomic E-state index is 12.5. The summed E-state index contributed by atoms with van der Waals surface area (Å²) in [5, 5.41) is 3.53. The van der Waals surface area contributed by atoms with Crippen molar-refractivity contribution in [3.8, 4) is 0 Å². The fourth-order valence-electron chi connectivity index (χ4n) is 3.70. The van der Waals surface area contributed by atoms with E-state index < -0.39 is 0 Å². The number of likely N-dealkylation sites (tertiary alicyclic amines) is 1. The van der Waals surface area contributed by atoms with Crippen LogP contribution in [0.2, 0.25) is 0 Å². The minimum atomic E-state index is -0.314. The number of rotatable bonds is 5. The van der Waals surface area contributed by atoms with E-state index in [9.17, 15) is 9.59 Å². The van der Waals surface area contributed by atoms with Gasteiger partial charge in [-0.15, -0.1) is 0 Å². The van der Waals surface area contributed by atoms with E-state index in [0.717, 1.165) is 44.5 Å². The Kier molecular flexibility index (Phi) is 5.51. The number of carbonyl (C=O) groups is 2. The molecule has 130 valence electrons. The van der Waals surface area contributed by atoms with Crippen molar-refractivity contribution < 1.29 is 14.3 Å². The Morgan fingerprint density at radius 3 is 2.54 bits per heavy atom. The van der Waals surface area contributed by atoms with E-state index in [4.69, 9.17) is 4.74 Å². The highest BCUT2D eigenvalue weighted by atomic mass is 16.5. The normalized spacial score (nSPS) is 21.2. The number of hydrogen-bond acceptors (Lipinski definition) is 4. The van der Waals surface area contributed by atoms with E-state index in [1.807, 2.05) is 17.0 Å². The third kappa shape index (κ3) is 3.96. The molecule has 3 rings (SSSR count). The Labute approximate surface area is 143 Å². The Balaban J connectivity index is 1.45. The summed E-state index contributed by atoms with van der Waals surface area (Å²) in [6, 6.07) is 7.81. The molecule has 2 fully saturated rings. The first kappa shape index (κ1) is 17.0. The summed E-state index contributed by atoms with van der Waals surface area (Å²) in [4.78, 5) is 25.9. The number of amides is 1. The molecule has 0 unspecified atom stereocenters. The van der Waals surface area contributed by atoms with E-state index in [1.165, 1.54) is 20.0 Å². The van der Waals surface area contributed by atoms with Crippen molar-refractivity contribution in [2.24, 2.45) is 5.92 Å². The molecule has 1 N–H and O–H groups in total. The molecule has 1 saturated carbocycles. The van der Waals surface area contributed by atoms with E-state index in [2.05, 4.69) is 5.32 Å². The van der Waals surface area contributed by atoms with Gasteiger partial charge in [-0.1, -0.05) is 25.0 Å². The minimum Gasteiger partial charge on any atom is -0.465 e. The third-order valence-electron chi connectivity index (χ3n) is 5.17. The Morgan fingerprint density at radius 2 is 1.88 bits per heavy atom. The zero-order valence-corrected chi connectivity index (χ0v) is 14.3. The molecule has 1 heterocycles. The first-order chi connectivity index (χ1) is 11.7. The standard InChI is InChI=1S/C19H26N2O3/c1-24-19(23)16-8-6-14(7-9-16)12-20-17-10-11-21(13-17)18(22)15-4-2-3-5-15/h6-9,15,17,20H,2-5,10-13H2,1H3/t17-/m0/s1. The summed E-state index contributed by atoms with van der Waals surface area (Å²) >= 11 is 0. The van der Waals surface area contributed by atoms with Gasteiger partial charge in [-0.25, -0.2) is 4.79 Å². The fourth-order valence-corrected chi connectivity index (χ4v) is 3.70. The fraction of sp³-hybridized carbons (Fsp3) is 0.579. The van der Waals surface area contributed by atoms with Crippen LogP contribution in [0.15, 0.2) is 24.3 Å². The van der Waals surface area contributed by atoms with Crippen LogP contribution in [-0.2, 0) is 16.1 Å². The van der Waals surface area contributed by atoms with Crippen LogP contribution in [0.3, 0.4) is 0 Å². The summed E-state index contributed by atoms with van der Waals surface area (Å²) in [6.07, 6.45) is 5.56. The van der Waals surface area contributed by atoms with Gasteiger partial charge in [0.25, 0.3) is 0 Å². The Morgan fingerprint density at radius 1 is 1.17 bits per heavy atom. The topological polar surface area (TPSA) is 58.6 Å². The quantitative estimate of drug-likeness (QED) is 0.842. The number of benzene rings is 1. The monoisotopic (exact) mass is 330 g/mol. The van der Waals surface area contributed by atoms with Crippen LogP contribution in [-0.4, -0.2) is 43.0 Å². The maximum atomic E-state index is 12.5. The van der Waals surface area contributed by atoms with Crippen molar-refractivity contribution in [3.63, 3.8) is 0 Å². The molecule has 0 aromatic heterocycles. The number of esters is 1.